The lowest BCUT2D eigenvalue weighted by Crippen LogP contribution is -2.29. The Morgan fingerprint density at radius 3 is 2.56 bits per heavy atom. The number of thioether (sulfide) groups is 1. The zero-order chi connectivity index (χ0) is 34.8. The number of aliphatic hydroxyl groups excluding tert-OH is 1. The lowest BCUT2D eigenvalue weighted by molar-refractivity contribution is -0.132. The van der Waals surface area contributed by atoms with Gasteiger partial charge < -0.3 is 19.3 Å². The van der Waals surface area contributed by atoms with E-state index in [0.717, 1.165) is 33.8 Å². The van der Waals surface area contributed by atoms with E-state index in [-0.39, 0.29) is 28.4 Å². The van der Waals surface area contributed by atoms with Gasteiger partial charge in [0.15, 0.2) is 15.8 Å². The molecule has 0 aliphatic carbocycles. The maximum Gasteiger partial charge on any atom is 0.301 e. The molecular formula is C38H32FN3O6S2. The second-order valence-electron chi connectivity index (χ2n) is 11.8. The zero-order valence-corrected chi connectivity index (χ0v) is 28.8. The van der Waals surface area contributed by atoms with Gasteiger partial charge >= 0.3 is 5.91 Å². The Hall–Kier alpha value is -5.20. The van der Waals surface area contributed by atoms with Crippen molar-refractivity contribution in [1.82, 2.24) is 10.2 Å². The van der Waals surface area contributed by atoms with Crippen LogP contribution in [0.5, 0.6) is 17.2 Å². The molecule has 1 saturated heterocycles. The molecule has 7 rings (SSSR count). The van der Waals surface area contributed by atoms with Gasteiger partial charge in [-0.2, -0.15) is 0 Å². The predicted octanol–water partition coefficient (Wildman–Crippen LogP) is 7.90. The fourth-order valence-electron chi connectivity index (χ4n) is 5.97. The van der Waals surface area contributed by atoms with Crippen LogP contribution in [-0.2, 0) is 28.4 Å². The summed E-state index contributed by atoms with van der Waals surface area (Å²) in [6, 6.07) is 25.3. The van der Waals surface area contributed by atoms with Crippen LogP contribution >= 0.6 is 23.1 Å². The molecule has 0 spiro atoms. The fraction of sp³-hybridized carbons (Fsp3) is 0.211. The highest BCUT2D eigenvalue weighted by Gasteiger charge is 2.48. The average molecular weight is 710 g/mol. The summed E-state index contributed by atoms with van der Waals surface area (Å²) in [7, 11) is 0. The van der Waals surface area contributed by atoms with E-state index in [4.69, 9.17) is 14.2 Å². The topological polar surface area (TPSA) is 111 Å². The maximum atomic E-state index is 13.9. The number of aliphatic hydroxyl groups is 1. The van der Waals surface area contributed by atoms with Crippen LogP contribution in [0.15, 0.2) is 101 Å². The number of carbonyl (C=O) groups excluding carboxylic acids is 2. The van der Waals surface area contributed by atoms with E-state index in [9.17, 15) is 19.1 Å². The SMILES string of the molecule is CCOc1cc(C2C(=C(O)c3ccc4c(c3)CC(C)O4)C(=O)C(=O)N2c2nnc(SCc3ccc(F)cc3)s2)ccc1OCc1ccccc1. The summed E-state index contributed by atoms with van der Waals surface area (Å²) in [6.07, 6.45) is 0.639. The second-order valence-corrected chi connectivity index (χ2v) is 14.0. The van der Waals surface area contributed by atoms with Gasteiger partial charge in [0.1, 0.15) is 30.0 Å². The highest BCUT2D eigenvalue weighted by atomic mass is 32.2. The van der Waals surface area contributed by atoms with Gasteiger partial charge in [-0.05, 0) is 78.6 Å². The molecule has 2 aliphatic heterocycles. The monoisotopic (exact) mass is 709 g/mol. The van der Waals surface area contributed by atoms with Crippen molar-refractivity contribution in [3.63, 3.8) is 0 Å². The number of halogens is 1. The van der Waals surface area contributed by atoms with Gasteiger partial charge in [0.25, 0.3) is 5.78 Å². The van der Waals surface area contributed by atoms with Gasteiger partial charge in [-0.1, -0.05) is 71.6 Å². The Kier molecular flexibility index (Phi) is 9.55. The number of ether oxygens (including phenoxy) is 3. The van der Waals surface area contributed by atoms with Crippen LogP contribution in [0.2, 0.25) is 0 Å². The maximum absolute atomic E-state index is 13.9. The lowest BCUT2D eigenvalue weighted by atomic mass is 9.94. The molecule has 2 unspecified atom stereocenters. The predicted molar refractivity (Wildman–Crippen MR) is 189 cm³/mol. The third kappa shape index (κ3) is 6.81. The molecule has 254 valence electrons. The first-order valence-corrected chi connectivity index (χ1v) is 17.8. The molecule has 1 fully saturated rings. The Morgan fingerprint density at radius 1 is 0.980 bits per heavy atom. The van der Waals surface area contributed by atoms with Crippen molar-refractivity contribution >= 4 is 45.7 Å². The molecule has 0 bridgehead atoms. The van der Waals surface area contributed by atoms with Gasteiger partial charge in [-0.15, -0.1) is 10.2 Å². The molecular weight excluding hydrogens is 678 g/mol. The molecule has 1 amide bonds. The lowest BCUT2D eigenvalue weighted by Gasteiger charge is -2.24. The number of anilines is 1. The molecule has 9 nitrogen and oxygen atoms in total. The Labute approximate surface area is 296 Å². The summed E-state index contributed by atoms with van der Waals surface area (Å²) in [5.74, 6) is -0.200. The highest BCUT2D eigenvalue weighted by Crippen LogP contribution is 2.46. The first-order valence-electron chi connectivity index (χ1n) is 16.0. The van der Waals surface area contributed by atoms with Crippen LogP contribution in [-0.4, -0.2) is 39.7 Å². The quantitative estimate of drug-likeness (QED) is 0.0481. The molecule has 2 aliphatic rings. The molecule has 4 aromatic carbocycles. The molecule has 1 N–H and O–H groups in total. The molecule has 3 heterocycles. The van der Waals surface area contributed by atoms with Crippen LogP contribution in [0.1, 0.15) is 47.7 Å². The summed E-state index contributed by atoms with van der Waals surface area (Å²) in [5.41, 5.74) is 3.59. The minimum atomic E-state index is -1.05. The van der Waals surface area contributed by atoms with E-state index < -0.39 is 17.7 Å². The van der Waals surface area contributed by atoms with Crippen molar-refractivity contribution < 1.29 is 33.3 Å². The Bertz CT molecular complexity index is 2090. The summed E-state index contributed by atoms with van der Waals surface area (Å²) in [4.78, 5) is 29.0. The number of benzene rings is 4. The van der Waals surface area contributed by atoms with E-state index in [1.54, 1.807) is 48.5 Å². The summed E-state index contributed by atoms with van der Waals surface area (Å²) in [6.45, 7) is 4.46. The van der Waals surface area contributed by atoms with Gasteiger partial charge in [0, 0.05) is 17.7 Å². The number of amides is 1. The third-order valence-corrected chi connectivity index (χ3v) is 10.4. The molecule has 1 aromatic heterocycles. The molecule has 5 aromatic rings. The smallest absolute Gasteiger partial charge is 0.301 e. The van der Waals surface area contributed by atoms with E-state index in [1.807, 2.05) is 44.2 Å². The zero-order valence-electron chi connectivity index (χ0n) is 27.2. The van der Waals surface area contributed by atoms with Crippen molar-refractivity contribution in [3.8, 4) is 17.2 Å². The minimum Gasteiger partial charge on any atom is -0.507 e. The molecule has 50 heavy (non-hydrogen) atoms. The summed E-state index contributed by atoms with van der Waals surface area (Å²) in [5, 5.41) is 20.6. The molecule has 0 saturated carbocycles. The largest absolute Gasteiger partial charge is 0.507 e. The molecule has 0 radical (unpaired) electrons. The van der Waals surface area contributed by atoms with Crippen LogP contribution in [0.25, 0.3) is 5.76 Å². The third-order valence-electron chi connectivity index (χ3n) is 8.31. The molecule has 2 atom stereocenters. The Balaban J connectivity index is 1.27. The summed E-state index contributed by atoms with van der Waals surface area (Å²) < 4.78 is 31.9. The van der Waals surface area contributed by atoms with E-state index in [0.29, 0.717) is 52.4 Å². The number of hydrogen-bond acceptors (Lipinski definition) is 10. The molecule has 12 heteroatoms. The number of fused-ring (bicyclic) bond motifs is 1. The van der Waals surface area contributed by atoms with Crippen LogP contribution < -0.4 is 19.1 Å². The standard InChI is InChI=1S/C38H32FN3O6S2/c1-3-46-31-19-25(11-16-30(31)47-20-23-7-5-4-6-8-23)33-32(34(43)26-12-15-29-27(18-26)17-22(2)48-29)35(44)36(45)42(33)37-40-41-38(50-37)49-21-24-9-13-28(39)14-10-24/h4-16,18-19,22,33,43H,3,17,20-21H2,1-2H3. The van der Waals surface area contributed by atoms with E-state index in [2.05, 4.69) is 10.2 Å². The highest BCUT2D eigenvalue weighted by molar-refractivity contribution is 8.00. The van der Waals surface area contributed by atoms with Crippen LogP contribution in [0, 0.1) is 5.82 Å². The number of nitrogens with zero attached hydrogens (tertiary/aromatic N) is 3. The van der Waals surface area contributed by atoms with E-state index in [1.165, 1.54) is 28.8 Å². The number of rotatable bonds is 11. The Morgan fingerprint density at radius 2 is 1.78 bits per heavy atom. The van der Waals surface area contributed by atoms with Gasteiger partial charge in [0.05, 0.1) is 18.2 Å². The first kappa shape index (κ1) is 33.3. The van der Waals surface area contributed by atoms with Crippen LogP contribution in [0.4, 0.5) is 9.52 Å². The van der Waals surface area contributed by atoms with E-state index >= 15 is 0 Å². The number of ketones is 1. The van der Waals surface area contributed by atoms with Gasteiger partial charge in [-0.25, -0.2) is 4.39 Å². The van der Waals surface area contributed by atoms with Crippen LogP contribution in [0.3, 0.4) is 0 Å². The summed E-state index contributed by atoms with van der Waals surface area (Å²) >= 11 is 2.53. The number of hydrogen-bond donors (Lipinski definition) is 1. The normalized spacial score (nSPS) is 17.9. The first-order chi connectivity index (χ1) is 24.3. The van der Waals surface area contributed by atoms with Crippen molar-refractivity contribution in [2.45, 2.75) is 49.1 Å². The van der Waals surface area contributed by atoms with Crippen molar-refractivity contribution in [2.75, 3.05) is 11.5 Å². The minimum absolute atomic E-state index is 0.0138. The van der Waals surface area contributed by atoms with Crippen molar-refractivity contribution in [2.24, 2.45) is 0 Å². The average Bonchev–Trinajstić information content (AvgIpc) is 3.82. The number of Topliss-reactive ketones (excluding diaryl/α,β-unsaturated/α-hetero) is 1. The second kappa shape index (κ2) is 14.3. The van der Waals surface area contributed by atoms with Gasteiger partial charge in [0.2, 0.25) is 5.13 Å². The number of aromatic nitrogens is 2. The van der Waals surface area contributed by atoms with Gasteiger partial charge in [-0.3, -0.25) is 14.5 Å². The van der Waals surface area contributed by atoms with Crippen molar-refractivity contribution in [3.05, 3.63) is 130 Å². The fourth-order valence-corrected chi connectivity index (χ4v) is 7.79. The number of carbonyl (C=O) groups is 2. The van der Waals surface area contributed by atoms with Crippen molar-refractivity contribution in [1.29, 1.82) is 0 Å².